The van der Waals surface area contributed by atoms with Crippen molar-refractivity contribution in [1.82, 2.24) is 19.8 Å². The molecule has 6 rings (SSSR count). The predicted octanol–water partition coefficient (Wildman–Crippen LogP) is 4.27. The Balaban J connectivity index is 0.000000351. The van der Waals surface area contributed by atoms with Gasteiger partial charge in [0.2, 0.25) is 11.9 Å². The molecule has 2 aliphatic rings. The van der Waals surface area contributed by atoms with Crippen LogP contribution >= 0.6 is 0 Å². The molecule has 10 nitrogen and oxygen atoms in total. The van der Waals surface area contributed by atoms with E-state index < -0.39 is 0 Å². The van der Waals surface area contributed by atoms with Crippen LogP contribution < -0.4 is 15.5 Å². The van der Waals surface area contributed by atoms with Gasteiger partial charge in [0, 0.05) is 87.4 Å². The molecule has 10 heteroatoms. The Labute approximate surface area is 252 Å². The first kappa shape index (κ1) is 29.9. The highest BCUT2D eigenvalue weighted by atomic mass is 16.5. The van der Waals surface area contributed by atoms with E-state index in [0.29, 0.717) is 12.5 Å². The molecule has 0 aliphatic carbocycles. The van der Waals surface area contributed by atoms with Gasteiger partial charge in [-0.3, -0.25) is 9.69 Å². The SMILES string of the molecule is CNc1ccc(-c2cccc3cnc(Nc4ccc(N5CCN(C(C)=O)CC5)cc4)nc23)cc1.O=CCN1CCOCC1. The van der Waals surface area contributed by atoms with Gasteiger partial charge in [0.05, 0.1) is 25.3 Å². The topological polar surface area (TPSA) is 103 Å². The van der Waals surface area contributed by atoms with Crippen LogP contribution in [0.2, 0.25) is 0 Å². The minimum Gasteiger partial charge on any atom is -0.388 e. The molecule has 3 heterocycles. The summed E-state index contributed by atoms with van der Waals surface area (Å²) in [6.45, 7) is 8.76. The molecule has 0 unspecified atom stereocenters. The van der Waals surface area contributed by atoms with Crippen molar-refractivity contribution in [3.05, 3.63) is 72.9 Å². The van der Waals surface area contributed by atoms with Crippen molar-refractivity contribution in [2.75, 3.05) is 81.6 Å². The largest absolute Gasteiger partial charge is 0.388 e. The Morgan fingerprint density at radius 1 is 0.907 bits per heavy atom. The summed E-state index contributed by atoms with van der Waals surface area (Å²) in [7, 11) is 1.92. The molecular formula is C33H39N7O3. The number of rotatable bonds is 7. The molecule has 1 aromatic heterocycles. The van der Waals surface area contributed by atoms with Crippen LogP contribution in [0.1, 0.15) is 6.92 Å². The minimum atomic E-state index is 0.146. The molecule has 2 N–H and O–H groups in total. The van der Waals surface area contributed by atoms with Crippen LogP contribution in [0.3, 0.4) is 0 Å². The van der Waals surface area contributed by atoms with E-state index in [1.165, 1.54) is 0 Å². The highest BCUT2D eigenvalue weighted by Crippen LogP contribution is 2.29. The maximum atomic E-state index is 11.6. The van der Waals surface area contributed by atoms with E-state index in [-0.39, 0.29) is 5.91 Å². The maximum absolute atomic E-state index is 11.6. The van der Waals surface area contributed by atoms with Gasteiger partial charge in [0.15, 0.2) is 0 Å². The lowest BCUT2D eigenvalue weighted by Crippen LogP contribution is -2.48. The number of anilines is 4. The number of morpholine rings is 1. The van der Waals surface area contributed by atoms with Gasteiger partial charge in [-0.25, -0.2) is 9.97 Å². The zero-order valence-electron chi connectivity index (χ0n) is 24.8. The van der Waals surface area contributed by atoms with Gasteiger partial charge in [0.25, 0.3) is 0 Å². The molecule has 3 aromatic carbocycles. The molecule has 0 radical (unpaired) electrons. The maximum Gasteiger partial charge on any atom is 0.227 e. The number of hydrogen-bond acceptors (Lipinski definition) is 9. The van der Waals surface area contributed by atoms with Gasteiger partial charge in [0.1, 0.15) is 6.29 Å². The Bertz CT molecular complexity index is 1500. The summed E-state index contributed by atoms with van der Waals surface area (Å²) in [6.07, 6.45) is 2.80. The molecule has 2 fully saturated rings. The van der Waals surface area contributed by atoms with E-state index >= 15 is 0 Å². The summed E-state index contributed by atoms with van der Waals surface area (Å²) in [6, 6.07) is 22.8. The van der Waals surface area contributed by atoms with Gasteiger partial charge in [-0.2, -0.15) is 0 Å². The summed E-state index contributed by atoms with van der Waals surface area (Å²) in [5.41, 5.74) is 6.26. The monoisotopic (exact) mass is 581 g/mol. The van der Waals surface area contributed by atoms with Crippen molar-refractivity contribution in [3.63, 3.8) is 0 Å². The van der Waals surface area contributed by atoms with E-state index in [1.807, 2.05) is 42.4 Å². The fourth-order valence-corrected chi connectivity index (χ4v) is 5.22. The summed E-state index contributed by atoms with van der Waals surface area (Å²) in [5, 5.41) is 7.50. The van der Waals surface area contributed by atoms with Crippen molar-refractivity contribution in [2.24, 2.45) is 0 Å². The van der Waals surface area contributed by atoms with Gasteiger partial charge in [-0.05, 0) is 42.0 Å². The van der Waals surface area contributed by atoms with Crippen LogP contribution in [0.5, 0.6) is 0 Å². The zero-order chi connectivity index (χ0) is 30.0. The van der Waals surface area contributed by atoms with Crippen LogP contribution in [-0.4, -0.2) is 98.0 Å². The van der Waals surface area contributed by atoms with E-state index in [2.05, 4.69) is 67.9 Å². The number of amides is 1. The number of carbonyl (C=O) groups is 2. The van der Waals surface area contributed by atoms with E-state index in [9.17, 15) is 9.59 Å². The summed E-state index contributed by atoms with van der Waals surface area (Å²) < 4.78 is 5.09. The second-order valence-electron chi connectivity index (χ2n) is 10.5. The van der Waals surface area contributed by atoms with Crippen LogP contribution in [0.4, 0.5) is 23.0 Å². The van der Waals surface area contributed by atoms with E-state index in [0.717, 1.165) is 97.9 Å². The lowest BCUT2D eigenvalue weighted by Gasteiger charge is -2.35. The second kappa shape index (κ2) is 14.6. The molecular weight excluding hydrogens is 542 g/mol. The number of para-hydroxylation sites is 1. The average Bonchev–Trinajstić information content (AvgIpc) is 3.06. The number of hydrogen-bond donors (Lipinski definition) is 2. The number of ether oxygens (including phenoxy) is 1. The van der Waals surface area contributed by atoms with Gasteiger partial charge >= 0.3 is 0 Å². The van der Waals surface area contributed by atoms with Gasteiger partial charge in [-0.1, -0.05) is 30.3 Å². The highest BCUT2D eigenvalue weighted by Gasteiger charge is 2.18. The first-order chi connectivity index (χ1) is 21.0. The third-order valence-corrected chi connectivity index (χ3v) is 7.75. The number of fused-ring (bicyclic) bond motifs is 1. The van der Waals surface area contributed by atoms with E-state index in [1.54, 1.807) is 6.92 Å². The number of nitrogens with zero attached hydrogens (tertiary/aromatic N) is 5. The van der Waals surface area contributed by atoms with Gasteiger partial charge in [-0.15, -0.1) is 0 Å². The predicted molar refractivity (Wildman–Crippen MR) is 172 cm³/mol. The summed E-state index contributed by atoms with van der Waals surface area (Å²) in [4.78, 5) is 37.2. The summed E-state index contributed by atoms with van der Waals surface area (Å²) >= 11 is 0. The number of benzene rings is 3. The number of aldehydes is 1. The number of carbonyl (C=O) groups excluding carboxylic acids is 2. The molecule has 2 aliphatic heterocycles. The average molecular weight is 582 g/mol. The van der Waals surface area contributed by atoms with Crippen LogP contribution in [0.25, 0.3) is 22.0 Å². The van der Waals surface area contributed by atoms with E-state index in [4.69, 9.17) is 9.72 Å². The van der Waals surface area contributed by atoms with Crippen LogP contribution in [0, 0.1) is 0 Å². The Morgan fingerprint density at radius 2 is 1.60 bits per heavy atom. The van der Waals surface area contributed by atoms with Crippen molar-refractivity contribution >= 4 is 46.1 Å². The van der Waals surface area contributed by atoms with Crippen molar-refractivity contribution in [2.45, 2.75) is 6.92 Å². The molecule has 0 spiro atoms. The normalized spacial score (nSPS) is 15.4. The Morgan fingerprint density at radius 3 is 2.26 bits per heavy atom. The zero-order valence-corrected chi connectivity index (χ0v) is 24.8. The second-order valence-corrected chi connectivity index (χ2v) is 10.5. The number of aromatic nitrogens is 2. The lowest BCUT2D eigenvalue weighted by molar-refractivity contribution is -0.129. The third-order valence-electron chi connectivity index (χ3n) is 7.75. The first-order valence-electron chi connectivity index (χ1n) is 14.7. The Hall–Kier alpha value is -4.54. The van der Waals surface area contributed by atoms with Crippen molar-refractivity contribution < 1.29 is 14.3 Å². The molecule has 43 heavy (non-hydrogen) atoms. The number of nitrogens with one attached hydrogen (secondary N) is 2. The quantitative estimate of drug-likeness (QED) is 0.310. The van der Waals surface area contributed by atoms with Crippen LogP contribution in [0.15, 0.2) is 72.9 Å². The third kappa shape index (κ3) is 7.85. The minimum absolute atomic E-state index is 0.146. The Kier molecular flexibility index (Phi) is 10.1. The molecule has 0 atom stereocenters. The molecule has 0 bridgehead atoms. The standard InChI is InChI=1S/C27H28N6O.C6H11NO2/c1-19(34)32-14-16-33(17-15-32)24-12-10-23(11-13-24)30-27-29-18-21-4-3-5-25(26(21)31-27)20-6-8-22(28-2)9-7-20;8-4-1-7-2-5-9-6-3-7/h3-13,18,28H,14-17H2,1-2H3,(H,29,30,31);4H,1-3,5-6H2. The molecule has 224 valence electrons. The lowest BCUT2D eigenvalue weighted by atomic mass is 10.0. The molecule has 2 saturated heterocycles. The summed E-state index contributed by atoms with van der Waals surface area (Å²) in [5.74, 6) is 0.711. The van der Waals surface area contributed by atoms with Crippen molar-refractivity contribution in [1.29, 1.82) is 0 Å². The molecule has 0 saturated carbocycles. The van der Waals surface area contributed by atoms with Crippen molar-refractivity contribution in [3.8, 4) is 11.1 Å². The fraction of sp³-hybridized carbons (Fsp3) is 0.333. The smallest absolute Gasteiger partial charge is 0.227 e. The van der Waals surface area contributed by atoms with Crippen LogP contribution in [-0.2, 0) is 14.3 Å². The highest BCUT2D eigenvalue weighted by molar-refractivity contribution is 5.94. The van der Waals surface area contributed by atoms with Gasteiger partial charge < -0.3 is 30.0 Å². The fourth-order valence-electron chi connectivity index (χ4n) is 5.22. The molecule has 4 aromatic rings. The molecule has 1 amide bonds. The first-order valence-corrected chi connectivity index (χ1v) is 14.7. The number of piperazine rings is 1.